The van der Waals surface area contributed by atoms with Gasteiger partial charge in [-0.25, -0.2) is 10.8 Å². The molecule has 0 unspecified atom stereocenters. The van der Waals surface area contributed by atoms with Crippen molar-refractivity contribution in [3.8, 4) is 0 Å². The maximum Gasteiger partial charge on any atom is 0.255 e. The molecule has 0 aliphatic carbocycles. The number of anilines is 1. The Balaban J connectivity index is 2.47. The number of hydrogen-bond donors (Lipinski definition) is 2. The lowest BCUT2D eigenvalue weighted by Gasteiger charge is -2.20. The topological polar surface area (TPSA) is 71.2 Å². The molecule has 5 heteroatoms. The summed E-state index contributed by atoms with van der Waals surface area (Å²) in [6.07, 6.45) is 1.58. The van der Waals surface area contributed by atoms with Crippen LogP contribution in [0.3, 0.4) is 0 Å². The molecule has 0 radical (unpaired) electrons. The quantitative estimate of drug-likeness (QED) is 0.661. The van der Waals surface area contributed by atoms with Crippen LogP contribution in [0.4, 0.5) is 5.82 Å². The molecule has 106 valence electrons. The Morgan fingerprint density at radius 1 is 1.35 bits per heavy atom. The lowest BCUT2D eigenvalue weighted by molar-refractivity contribution is 0.0781. The minimum atomic E-state index is -0.0222. The molecule has 1 aromatic heterocycles. The molecule has 3 N–H and O–H groups in total. The molecule has 0 aliphatic rings. The smallest absolute Gasteiger partial charge is 0.255 e. The summed E-state index contributed by atoms with van der Waals surface area (Å²) in [5.41, 5.74) is 3.16. The molecule has 1 heterocycles. The van der Waals surface area contributed by atoms with Gasteiger partial charge in [0.25, 0.3) is 5.91 Å². The minimum absolute atomic E-state index is 0.0222. The molecular weight excluding hydrogens is 252 g/mol. The minimum Gasteiger partial charge on any atom is -0.341 e. The molecule has 0 bridgehead atoms. The number of fused-ring (bicyclic) bond motifs is 1. The van der Waals surface area contributed by atoms with Crippen LogP contribution in [0.1, 0.15) is 24.2 Å². The summed E-state index contributed by atoms with van der Waals surface area (Å²) in [5, 5.41) is 1.70. The van der Waals surface area contributed by atoms with E-state index in [0.717, 1.165) is 10.8 Å². The zero-order chi connectivity index (χ0) is 14.7. The molecule has 0 aliphatic heterocycles. The SMILES string of the molecule is CC(C)CN(C)C(=O)c1cnc(NN)c2ccccc12. The van der Waals surface area contributed by atoms with E-state index in [1.54, 1.807) is 11.1 Å². The van der Waals surface area contributed by atoms with Crippen LogP contribution < -0.4 is 11.3 Å². The molecule has 1 aromatic carbocycles. The number of hydrazine groups is 1. The van der Waals surface area contributed by atoms with Crippen molar-refractivity contribution in [1.82, 2.24) is 9.88 Å². The molecule has 2 rings (SSSR count). The van der Waals surface area contributed by atoms with Crippen molar-refractivity contribution < 1.29 is 4.79 Å². The Morgan fingerprint density at radius 2 is 2.00 bits per heavy atom. The predicted molar refractivity (Wildman–Crippen MR) is 81.4 cm³/mol. The second-order valence-electron chi connectivity index (χ2n) is 5.29. The maximum absolute atomic E-state index is 12.5. The first kappa shape index (κ1) is 14.3. The van der Waals surface area contributed by atoms with Crippen molar-refractivity contribution in [2.45, 2.75) is 13.8 Å². The summed E-state index contributed by atoms with van der Waals surface area (Å²) in [5.74, 6) is 6.43. The Kier molecular flexibility index (Phi) is 4.20. The predicted octanol–water partition coefficient (Wildman–Crippen LogP) is 2.25. The van der Waals surface area contributed by atoms with Crippen LogP contribution in [0.5, 0.6) is 0 Å². The van der Waals surface area contributed by atoms with E-state index in [1.807, 2.05) is 31.3 Å². The highest BCUT2D eigenvalue weighted by atomic mass is 16.2. The molecule has 2 aromatic rings. The number of carbonyl (C=O) groups is 1. The van der Waals surface area contributed by atoms with Gasteiger partial charge in [-0.05, 0) is 11.3 Å². The van der Waals surface area contributed by atoms with E-state index in [9.17, 15) is 4.79 Å². The third-order valence-corrected chi connectivity index (χ3v) is 3.15. The van der Waals surface area contributed by atoms with E-state index in [2.05, 4.69) is 24.3 Å². The summed E-state index contributed by atoms with van der Waals surface area (Å²) in [7, 11) is 1.81. The molecule has 0 saturated heterocycles. The van der Waals surface area contributed by atoms with Gasteiger partial charge in [0.15, 0.2) is 0 Å². The lowest BCUT2D eigenvalue weighted by Crippen LogP contribution is -2.30. The van der Waals surface area contributed by atoms with Gasteiger partial charge in [0, 0.05) is 25.2 Å². The first-order valence-corrected chi connectivity index (χ1v) is 6.64. The second kappa shape index (κ2) is 5.88. The number of aromatic nitrogens is 1. The fourth-order valence-corrected chi connectivity index (χ4v) is 2.31. The Hall–Kier alpha value is -2.14. The Bertz CT molecular complexity index is 624. The average Bonchev–Trinajstić information content (AvgIpc) is 2.44. The van der Waals surface area contributed by atoms with Gasteiger partial charge in [-0.1, -0.05) is 38.1 Å². The molecular formula is C15H20N4O. The number of amides is 1. The zero-order valence-electron chi connectivity index (χ0n) is 12.1. The zero-order valence-corrected chi connectivity index (χ0v) is 12.1. The summed E-state index contributed by atoms with van der Waals surface area (Å²) < 4.78 is 0. The van der Waals surface area contributed by atoms with E-state index >= 15 is 0 Å². The fraction of sp³-hybridized carbons (Fsp3) is 0.333. The van der Waals surface area contributed by atoms with Crippen LogP contribution in [0.25, 0.3) is 10.8 Å². The monoisotopic (exact) mass is 272 g/mol. The van der Waals surface area contributed by atoms with E-state index in [1.165, 1.54) is 0 Å². The molecule has 0 fully saturated rings. The lowest BCUT2D eigenvalue weighted by atomic mass is 10.1. The maximum atomic E-state index is 12.5. The number of nitrogens with zero attached hydrogens (tertiary/aromatic N) is 2. The summed E-state index contributed by atoms with van der Waals surface area (Å²) in [6, 6.07) is 7.61. The van der Waals surface area contributed by atoms with Crippen molar-refractivity contribution in [3.05, 3.63) is 36.0 Å². The Labute approximate surface area is 118 Å². The van der Waals surface area contributed by atoms with Crippen LogP contribution in [0.15, 0.2) is 30.5 Å². The summed E-state index contributed by atoms with van der Waals surface area (Å²) >= 11 is 0. The van der Waals surface area contributed by atoms with E-state index < -0.39 is 0 Å². The molecule has 5 nitrogen and oxygen atoms in total. The van der Waals surface area contributed by atoms with Crippen molar-refractivity contribution in [1.29, 1.82) is 0 Å². The number of hydrogen-bond acceptors (Lipinski definition) is 4. The van der Waals surface area contributed by atoms with Gasteiger partial charge in [0.05, 0.1) is 5.56 Å². The largest absolute Gasteiger partial charge is 0.341 e. The summed E-state index contributed by atoms with van der Waals surface area (Å²) in [4.78, 5) is 18.5. The van der Waals surface area contributed by atoms with E-state index in [-0.39, 0.29) is 5.91 Å². The highest BCUT2D eigenvalue weighted by Crippen LogP contribution is 2.24. The van der Waals surface area contributed by atoms with Crippen molar-refractivity contribution >= 4 is 22.5 Å². The standard InChI is InChI=1S/C15H20N4O/c1-10(2)9-19(3)15(20)13-8-17-14(18-16)12-7-5-4-6-11(12)13/h4-8,10H,9,16H2,1-3H3,(H,17,18). The number of nitrogens with one attached hydrogen (secondary N) is 1. The summed E-state index contributed by atoms with van der Waals surface area (Å²) in [6.45, 7) is 4.88. The highest BCUT2D eigenvalue weighted by Gasteiger charge is 2.17. The van der Waals surface area contributed by atoms with Crippen LogP contribution in [0, 0.1) is 5.92 Å². The first-order valence-electron chi connectivity index (χ1n) is 6.64. The fourth-order valence-electron chi connectivity index (χ4n) is 2.31. The molecule has 0 spiro atoms. The highest BCUT2D eigenvalue weighted by molar-refractivity contribution is 6.09. The number of rotatable bonds is 4. The van der Waals surface area contributed by atoms with E-state index in [0.29, 0.717) is 23.8 Å². The van der Waals surface area contributed by atoms with Gasteiger partial charge in [0.1, 0.15) is 5.82 Å². The number of nitrogen functional groups attached to an aromatic ring is 1. The average molecular weight is 272 g/mol. The van der Waals surface area contributed by atoms with Crippen molar-refractivity contribution in [2.75, 3.05) is 19.0 Å². The third-order valence-electron chi connectivity index (χ3n) is 3.15. The Morgan fingerprint density at radius 3 is 2.60 bits per heavy atom. The van der Waals surface area contributed by atoms with Crippen molar-refractivity contribution in [2.24, 2.45) is 11.8 Å². The van der Waals surface area contributed by atoms with Gasteiger partial charge < -0.3 is 10.3 Å². The second-order valence-corrected chi connectivity index (χ2v) is 5.29. The van der Waals surface area contributed by atoms with Gasteiger partial charge in [-0.15, -0.1) is 0 Å². The van der Waals surface area contributed by atoms with Crippen LogP contribution in [0.2, 0.25) is 0 Å². The van der Waals surface area contributed by atoms with Gasteiger partial charge >= 0.3 is 0 Å². The van der Waals surface area contributed by atoms with Crippen LogP contribution >= 0.6 is 0 Å². The molecule has 1 amide bonds. The molecule has 0 saturated carbocycles. The van der Waals surface area contributed by atoms with Gasteiger partial charge in [-0.3, -0.25) is 4.79 Å². The van der Waals surface area contributed by atoms with E-state index in [4.69, 9.17) is 5.84 Å². The number of pyridine rings is 1. The van der Waals surface area contributed by atoms with Gasteiger partial charge in [0.2, 0.25) is 0 Å². The molecule has 0 atom stereocenters. The van der Waals surface area contributed by atoms with Crippen LogP contribution in [-0.4, -0.2) is 29.4 Å². The third kappa shape index (κ3) is 2.72. The van der Waals surface area contributed by atoms with Crippen molar-refractivity contribution in [3.63, 3.8) is 0 Å². The molecule has 20 heavy (non-hydrogen) atoms. The van der Waals surface area contributed by atoms with Crippen LogP contribution in [-0.2, 0) is 0 Å². The first-order chi connectivity index (χ1) is 9.54. The van der Waals surface area contributed by atoms with Gasteiger partial charge in [-0.2, -0.15) is 0 Å². The number of carbonyl (C=O) groups excluding carboxylic acids is 1. The number of benzene rings is 1. The number of nitrogens with two attached hydrogens (primary N) is 1. The normalized spacial score (nSPS) is 10.8.